The number of hydrogen-bond acceptors (Lipinski definition) is 4. The first-order valence-electron chi connectivity index (χ1n) is 3.96. The van der Waals surface area contributed by atoms with Crippen LogP contribution >= 0.6 is 0 Å². The fraction of sp³-hybridized carbons (Fsp3) is 0.250. The van der Waals surface area contributed by atoms with E-state index in [9.17, 15) is 26.1 Å². The molecule has 0 aliphatic heterocycles. The van der Waals surface area contributed by atoms with Gasteiger partial charge in [-0.15, -0.1) is 0 Å². The summed E-state index contributed by atoms with van der Waals surface area (Å²) < 4.78 is 71.3. The standard InChI is InChI=1S/C8H7F3O4S/c9-8(10,11)7(15-16(12,13)14)6-4-2-1-3-5-6/h1-5,7H,(H,12,13,14)/p-1. The molecule has 0 aliphatic rings. The summed E-state index contributed by atoms with van der Waals surface area (Å²) in [6.45, 7) is 0. The normalized spacial score (nSPS) is 14.8. The summed E-state index contributed by atoms with van der Waals surface area (Å²) in [5.41, 5.74) is -0.450. The second-order valence-electron chi connectivity index (χ2n) is 2.84. The Hall–Kier alpha value is -1.12. The average molecular weight is 255 g/mol. The molecule has 1 rings (SSSR count). The van der Waals surface area contributed by atoms with Crippen LogP contribution in [0.15, 0.2) is 30.3 Å². The number of alkyl halides is 3. The third-order valence-electron chi connectivity index (χ3n) is 1.61. The number of benzene rings is 1. The highest BCUT2D eigenvalue weighted by Gasteiger charge is 2.43. The van der Waals surface area contributed by atoms with Gasteiger partial charge in [-0.25, -0.2) is 8.42 Å². The molecule has 4 nitrogen and oxygen atoms in total. The van der Waals surface area contributed by atoms with Gasteiger partial charge in [0.25, 0.3) is 0 Å². The van der Waals surface area contributed by atoms with E-state index >= 15 is 0 Å². The Morgan fingerprint density at radius 1 is 1.19 bits per heavy atom. The van der Waals surface area contributed by atoms with Gasteiger partial charge in [0.2, 0.25) is 10.4 Å². The molecule has 0 aromatic heterocycles. The van der Waals surface area contributed by atoms with Crippen molar-refractivity contribution in [3.63, 3.8) is 0 Å². The number of rotatable bonds is 3. The fourth-order valence-corrected chi connectivity index (χ4v) is 1.50. The molecule has 1 atom stereocenters. The Balaban J connectivity index is 3.08. The van der Waals surface area contributed by atoms with E-state index in [1.54, 1.807) is 0 Å². The van der Waals surface area contributed by atoms with Crippen molar-refractivity contribution in [1.82, 2.24) is 0 Å². The van der Waals surface area contributed by atoms with Crippen molar-refractivity contribution >= 4 is 10.4 Å². The lowest BCUT2D eigenvalue weighted by Crippen LogP contribution is -2.26. The van der Waals surface area contributed by atoms with Crippen LogP contribution in [-0.4, -0.2) is 19.1 Å². The Labute approximate surface area is 89.6 Å². The molecule has 0 radical (unpaired) electrons. The number of halogens is 3. The van der Waals surface area contributed by atoms with E-state index in [2.05, 4.69) is 4.18 Å². The Bertz CT molecular complexity index is 440. The molecule has 0 aliphatic carbocycles. The van der Waals surface area contributed by atoms with Crippen LogP contribution in [0.2, 0.25) is 0 Å². The van der Waals surface area contributed by atoms with Crippen LogP contribution in [0.5, 0.6) is 0 Å². The maximum atomic E-state index is 12.4. The topological polar surface area (TPSA) is 66.4 Å². The summed E-state index contributed by atoms with van der Waals surface area (Å²) in [4.78, 5) is 0. The molecule has 1 aromatic carbocycles. The molecule has 0 amide bonds. The summed E-state index contributed by atoms with van der Waals surface area (Å²) >= 11 is 0. The summed E-state index contributed by atoms with van der Waals surface area (Å²) in [5, 5.41) is 0. The lowest BCUT2D eigenvalue weighted by atomic mass is 10.1. The van der Waals surface area contributed by atoms with Crippen molar-refractivity contribution in [2.24, 2.45) is 0 Å². The molecular weight excluding hydrogens is 249 g/mol. The van der Waals surface area contributed by atoms with Gasteiger partial charge in [0.15, 0.2) is 6.10 Å². The van der Waals surface area contributed by atoms with E-state index in [-0.39, 0.29) is 0 Å². The smallest absolute Gasteiger partial charge is 0.420 e. The maximum Gasteiger partial charge on any atom is 0.420 e. The first-order valence-corrected chi connectivity index (χ1v) is 5.29. The summed E-state index contributed by atoms with van der Waals surface area (Å²) in [5.74, 6) is 0. The van der Waals surface area contributed by atoms with Gasteiger partial charge in [0, 0.05) is 0 Å². The van der Waals surface area contributed by atoms with E-state index in [1.165, 1.54) is 18.2 Å². The van der Waals surface area contributed by atoms with Gasteiger partial charge in [0.05, 0.1) is 0 Å². The first kappa shape index (κ1) is 12.9. The Kier molecular flexibility index (Phi) is 3.56. The van der Waals surface area contributed by atoms with E-state index in [0.717, 1.165) is 12.1 Å². The zero-order chi connectivity index (χ0) is 12.4. The van der Waals surface area contributed by atoms with Crippen molar-refractivity contribution in [2.45, 2.75) is 12.3 Å². The van der Waals surface area contributed by atoms with Crippen molar-refractivity contribution in [2.75, 3.05) is 0 Å². The predicted molar refractivity (Wildman–Crippen MR) is 46.0 cm³/mol. The SMILES string of the molecule is O=S(=O)([O-])OC(c1ccccc1)C(F)(F)F. The highest BCUT2D eigenvalue weighted by atomic mass is 32.3. The van der Waals surface area contributed by atoms with Crippen LogP contribution < -0.4 is 0 Å². The molecule has 0 saturated carbocycles. The van der Waals surface area contributed by atoms with Gasteiger partial charge in [-0.1, -0.05) is 30.3 Å². The highest BCUT2D eigenvalue weighted by Crippen LogP contribution is 2.36. The Morgan fingerprint density at radius 3 is 2.06 bits per heavy atom. The molecule has 90 valence electrons. The lowest BCUT2D eigenvalue weighted by molar-refractivity contribution is -0.198. The zero-order valence-corrected chi connectivity index (χ0v) is 8.46. The minimum atomic E-state index is -5.42. The molecule has 1 aromatic rings. The van der Waals surface area contributed by atoms with Crippen LogP contribution in [0.4, 0.5) is 13.2 Å². The van der Waals surface area contributed by atoms with Gasteiger partial charge in [0.1, 0.15) is 0 Å². The number of hydrogen-bond donors (Lipinski definition) is 0. The Morgan fingerprint density at radius 2 is 1.69 bits per heavy atom. The van der Waals surface area contributed by atoms with Crippen molar-refractivity contribution in [3.8, 4) is 0 Å². The molecule has 0 fully saturated rings. The predicted octanol–water partition coefficient (Wildman–Crippen LogP) is 1.77. The van der Waals surface area contributed by atoms with Gasteiger partial charge in [-0.3, -0.25) is 4.18 Å². The quantitative estimate of drug-likeness (QED) is 0.609. The molecule has 0 bridgehead atoms. The van der Waals surface area contributed by atoms with Gasteiger partial charge < -0.3 is 4.55 Å². The minimum Gasteiger partial charge on any atom is -0.725 e. The third kappa shape index (κ3) is 3.80. The second kappa shape index (κ2) is 4.40. The molecule has 0 heterocycles. The molecule has 0 N–H and O–H groups in total. The van der Waals surface area contributed by atoms with Gasteiger partial charge in [-0.05, 0) is 5.56 Å². The lowest BCUT2D eigenvalue weighted by Gasteiger charge is -2.21. The monoisotopic (exact) mass is 255 g/mol. The van der Waals surface area contributed by atoms with E-state index in [4.69, 9.17) is 0 Å². The first-order chi connectivity index (χ1) is 7.20. The van der Waals surface area contributed by atoms with Crippen LogP contribution in [0.1, 0.15) is 11.7 Å². The maximum absolute atomic E-state index is 12.4. The molecule has 8 heteroatoms. The second-order valence-corrected chi connectivity index (χ2v) is 3.85. The van der Waals surface area contributed by atoms with E-state index in [0.29, 0.717) is 0 Å². The van der Waals surface area contributed by atoms with Crippen molar-refractivity contribution in [3.05, 3.63) is 35.9 Å². The highest BCUT2D eigenvalue weighted by molar-refractivity contribution is 7.80. The largest absolute Gasteiger partial charge is 0.725 e. The average Bonchev–Trinajstić information content (AvgIpc) is 2.13. The fourth-order valence-electron chi connectivity index (χ4n) is 1.04. The molecular formula is C8H6F3O4S-. The summed E-state index contributed by atoms with van der Waals surface area (Å²) in [6.07, 6.45) is -7.74. The minimum absolute atomic E-state index is 0.450. The van der Waals surface area contributed by atoms with Crippen LogP contribution in [0.3, 0.4) is 0 Å². The summed E-state index contributed by atoms with van der Waals surface area (Å²) in [6, 6.07) is 6.03. The van der Waals surface area contributed by atoms with E-state index < -0.39 is 28.2 Å². The molecule has 16 heavy (non-hydrogen) atoms. The van der Waals surface area contributed by atoms with Crippen LogP contribution in [-0.2, 0) is 14.6 Å². The third-order valence-corrected chi connectivity index (χ3v) is 2.04. The van der Waals surface area contributed by atoms with Gasteiger partial charge in [-0.2, -0.15) is 13.2 Å². The molecule has 1 unspecified atom stereocenters. The van der Waals surface area contributed by atoms with Crippen LogP contribution in [0, 0.1) is 0 Å². The molecule has 0 spiro atoms. The molecule has 0 saturated heterocycles. The zero-order valence-electron chi connectivity index (χ0n) is 7.64. The summed E-state index contributed by atoms with van der Waals surface area (Å²) in [7, 11) is -5.42. The van der Waals surface area contributed by atoms with Gasteiger partial charge >= 0.3 is 6.18 Å². The van der Waals surface area contributed by atoms with Crippen molar-refractivity contribution < 1.29 is 30.3 Å². The van der Waals surface area contributed by atoms with E-state index in [1.807, 2.05) is 0 Å². The van der Waals surface area contributed by atoms with Crippen LogP contribution in [0.25, 0.3) is 0 Å². The van der Waals surface area contributed by atoms with Crippen molar-refractivity contribution in [1.29, 1.82) is 0 Å².